The Morgan fingerprint density at radius 1 is 1.56 bits per heavy atom. The molecule has 94 valence electrons. The summed E-state index contributed by atoms with van der Waals surface area (Å²) in [4.78, 5) is 2.57. The van der Waals surface area contributed by atoms with Crippen LogP contribution in [-0.2, 0) is 0 Å². The third kappa shape index (κ3) is 2.74. The van der Waals surface area contributed by atoms with E-state index in [4.69, 9.17) is 10.8 Å². The smallest absolute Gasteiger partial charge is 0.0446 e. The minimum atomic E-state index is 0.0944. The van der Waals surface area contributed by atoms with Crippen LogP contribution < -0.4 is 11.1 Å². The van der Waals surface area contributed by atoms with Gasteiger partial charge in [0.15, 0.2) is 0 Å². The third-order valence-corrected chi connectivity index (χ3v) is 3.95. The highest BCUT2D eigenvalue weighted by atomic mass is 16.3. The van der Waals surface area contributed by atoms with Crippen LogP contribution in [0.5, 0.6) is 0 Å². The van der Waals surface area contributed by atoms with Crippen molar-refractivity contribution < 1.29 is 5.11 Å². The van der Waals surface area contributed by atoms with Crippen molar-refractivity contribution in [3.05, 3.63) is 0 Å². The van der Waals surface area contributed by atoms with Gasteiger partial charge in [0.05, 0.1) is 0 Å². The van der Waals surface area contributed by atoms with Crippen molar-refractivity contribution in [3.63, 3.8) is 0 Å². The standard InChI is InChI=1S/C12H25N3O/c1-10(4-7-16)14-12(8-13)5-6-15(9-12)11-2-3-11/h10-11,14,16H,2-9,13H2,1H3. The van der Waals surface area contributed by atoms with Gasteiger partial charge < -0.3 is 16.2 Å². The molecule has 2 aliphatic rings. The van der Waals surface area contributed by atoms with Crippen molar-refractivity contribution in [3.8, 4) is 0 Å². The van der Waals surface area contributed by atoms with Crippen LogP contribution >= 0.6 is 0 Å². The molecule has 2 rings (SSSR count). The summed E-state index contributed by atoms with van der Waals surface area (Å²) in [5.74, 6) is 0. The van der Waals surface area contributed by atoms with Crippen molar-refractivity contribution in [2.24, 2.45) is 5.73 Å². The molecule has 4 heteroatoms. The predicted octanol–water partition coefficient (Wildman–Crippen LogP) is -0.0875. The van der Waals surface area contributed by atoms with Gasteiger partial charge in [0.2, 0.25) is 0 Å². The molecule has 0 bridgehead atoms. The summed E-state index contributed by atoms with van der Waals surface area (Å²) in [6.45, 7) is 5.35. The van der Waals surface area contributed by atoms with E-state index in [9.17, 15) is 0 Å². The monoisotopic (exact) mass is 227 g/mol. The maximum absolute atomic E-state index is 8.94. The lowest BCUT2D eigenvalue weighted by Crippen LogP contribution is -2.56. The van der Waals surface area contributed by atoms with Crippen LogP contribution in [0.1, 0.15) is 32.6 Å². The van der Waals surface area contributed by atoms with Gasteiger partial charge in [0.1, 0.15) is 0 Å². The van der Waals surface area contributed by atoms with E-state index in [1.807, 2.05) is 0 Å². The normalized spacial score (nSPS) is 33.2. The van der Waals surface area contributed by atoms with E-state index >= 15 is 0 Å². The number of nitrogens with zero attached hydrogens (tertiary/aromatic N) is 1. The van der Waals surface area contributed by atoms with Crippen LogP contribution in [0.25, 0.3) is 0 Å². The van der Waals surface area contributed by atoms with Crippen molar-refractivity contribution in [2.45, 2.75) is 50.2 Å². The van der Waals surface area contributed by atoms with E-state index in [0.717, 1.165) is 25.4 Å². The molecule has 0 aromatic heterocycles. The topological polar surface area (TPSA) is 61.5 Å². The molecule has 0 spiro atoms. The Labute approximate surface area is 98.2 Å². The Morgan fingerprint density at radius 2 is 2.31 bits per heavy atom. The molecule has 0 radical (unpaired) electrons. The first-order chi connectivity index (χ1) is 7.69. The van der Waals surface area contributed by atoms with Crippen molar-refractivity contribution in [1.82, 2.24) is 10.2 Å². The lowest BCUT2D eigenvalue weighted by atomic mass is 9.97. The number of hydrogen-bond donors (Lipinski definition) is 3. The maximum Gasteiger partial charge on any atom is 0.0446 e. The SMILES string of the molecule is CC(CCO)NC1(CN)CCN(C2CC2)C1. The third-order valence-electron chi connectivity index (χ3n) is 3.95. The zero-order valence-corrected chi connectivity index (χ0v) is 10.3. The predicted molar refractivity (Wildman–Crippen MR) is 65.3 cm³/mol. The molecule has 1 saturated carbocycles. The fraction of sp³-hybridized carbons (Fsp3) is 1.00. The van der Waals surface area contributed by atoms with Crippen LogP contribution in [0.2, 0.25) is 0 Å². The van der Waals surface area contributed by atoms with Gasteiger partial charge >= 0.3 is 0 Å². The Balaban J connectivity index is 1.87. The average molecular weight is 227 g/mol. The Hall–Kier alpha value is -0.160. The van der Waals surface area contributed by atoms with Crippen molar-refractivity contribution in [2.75, 3.05) is 26.2 Å². The fourth-order valence-corrected chi connectivity index (χ4v) is 2.79. The Bertz CT molecular complexity index is 232. The lowest BCUT2D eigenvalue weighted by molar-refractivity contribution is 0.228. The number of aliphatic hydroxyl groups is 1. The summed E-state index contributed by atoms with van der Waals surface area (Å²) in [6, 6.07) is 1.19. The van der Waals surface area contributed by atoms with E-state index in [2.05, 4.69) is 17.1 Å². The van der Waals surface area contributed by atoms with Crippen LogP contribution in [0.3, 0.4) is 0 Å². The summed E-state index contributed by atoms with van der Waals surface area (Å²) in [5, 5.41) is 12.6. The summed E-state index contributed by atoms with van der Waals surface area (Å²) in [7, 11) is 0. The largest absolute Gasteiger partial charge is 0.396 e. The second-order valence-electron chi connectivity index (χ2n) is 5.49. The van der Waals surface area contributed by atoms with E-state index in [1.54, 1.807) is 0 Å². The van der Waals surface area contributed by atoms with Gasteiger partial charge in [-0.2, -0.15) is 0 Å². The Kier molecular flexibility index (Phi) is 3.85. The quantitative estimate of drug-likeness (QED) is 0.593. The van der Waals surface area contributed by atoms with Gasteiger partial charge in [-0.1, -0.05) is 0 Å². The first kappa shape index (κ1) is 12.3. The molecule has 0 aromatic rings. The molecule has 4 nitrogen and oxygen atoms in total. The lowest BCUT2D eigenvalue weighted by Gasteiger charge is -2.32. The van der Waals surface area contributed by atoms with E-state index in [-0.39, 0.29) is 12.1 Å². The minimum Gasteiger partial charge on any atom is -0.396 e. The highest BCUT2D eigenvalue weighted by molar-refractivity contribution is 5.03. The van der Waals surface area contributed by atoms with Gasteiger partial charge in [-0.3, -0.25) is 4.90 Å². The molecule has 4 N–H and O–H groups in total. The summed E-state index contributed by atoms with van der Waals surface area (Å²) in [5.41, 5.74) is 6.04. The average Bonchev–Trinajstić information content (AvgIpc) is 3.02. The van der Waals surface area contributed by atoms with Gasteiger partial charge in [0.25, 0.3) is 0 Å². The second-order valence-corrected chi connectivity index (χ2v) is 5.49. The minimum absolute atomic E-state index is 0.0944. The van der Waals surface area contributed by atoms with Crippen LogP contribution in [0.4, 0.5) is 0 Å². The molecule has 2 fully saturated rings. The summed E-state index contributed by atoms with van der Waals surface area (Å²) in [6.07, 6.45) is 4.70. The number of nitrogens with one attached hydrogen (secondary N) is 1. The number of likely N-dealkylation sites (tertiary alicyclic amines) is 1. The molecule has 0 aromatic carbocycles. The number of nitrogens with two attached hydrogens (primary N) is 1. The molecule has 1 heterocycles. The van der Waals surface area contributed by atoms with Crippen LogP contribution in [0.15, 0.2) is 0 Å². The van der Waals surface area contributed by atoms with Gasteiger partial charge in [-0.05, 0) is 32.6 Å². The molecule has 2 unspecified atom stereocenters. The molecule has 1 aliphatic heterocycles. The highest BCUT2D eigenvalue weighted by Gasteiger charge is 2.42. The first-order valence-corrected chi connectivity index (χ1v) is 6.52. The molecular weight excluding hydrogens is 202 g/mol. The van der Waals surface area contributed by atoms with Crippen LogP contribution in [-0.4, -0.2) is 53.9 Å². The summed E-state index contributed by atoms with van der Waals surface area (Å²) < 4.78 is 0. The number of hydrogen-bond acceptors (Lipinski definition) is 4. The van der Waals surface area contributed by atoms with Crippen molar-refractivity contribution >= 4 is 0 Å². The second kappa shape index (κ2) is 5.00. The van der Waals surface area contributed by atoms with E-state index in [0.29, 0.717) is 12.6 Å². The molecule has 0 amide bonds. The maximum atomic E-state index is 8.94. The molecule has 2 atom stereocenters. The van der Waals surface area contributed by atoms with Gasteiger partial charge in [0, 0.05) is 43.9 Å². The number of rotatable bonds is 6. The van der Waals surface area contributed by atoms with E-state index in [1.165, 1.54) is 19.4 Å². The van der Waals surface area contributed by atoms with Crippen LogP contribution in [0, 0.1) is 0 Å². The number of aliphatic hydroxyl groups excluding tert-OH is 1. The molecule has 1 aliphatic carbocycles. The zero-order chi connectivity index (χ0) is 11.6. The molecule has 1 saturated heterocycles. The van der Waals surface area contributed by atoms with E-state index < -0.39 is 0 Å². The summed E-state index contributed by atoms with van der Waals surface area (Å²) >= 11 is 0. The zero-order valence-electron chi connectivity index (χ0n) is 10.3. The molecule has 16 heavy (non-hydrogen) atoms. The highest BCUT2D eigenvalue weighted by Crippen LogP contribution is 2.33. The van der Waals surface area contributed by atoms with Gasteiger partial charge in [-0.25, -0.2) is 0 Å². The van der Waals surface area contributed by atoms with Crippen molar-refractivity contribution in [1.29, 1.82) is 0 Å². The fourth-order valence-electron chi connectivity index (χ4n) is 2.79. The first-order valence-electron chi connectivity index (χ1n) is 6.52. The Morgan fingerprint density at radius 3 is 2.88 bits per heavy atom. The van der Waals surface area contributed by atoms with Gasteiger partial charge in [-0.15, -0.1) is 0 Å². The molecular formula is C12H25N3O.